The normalized spacial score (nSPS) is 18.6. The number of hydrogen-bond acceptors (Lipinski definition) is 6. The van der Waals surface area contributed by atoms with Gasteiger partial charge in [0.1, 0.15) is 0 Å². The van der Waals surface area contributed by atoms with Crippen molar-refractivity contribution >= 4 is 5.71 Å². The lowest BCUT2D eigenvalue weighted by molar-refractivity contribution is 0.383. The van der Waals surface area contributed by atoms with E-state index < -0.39 is 0 Å². The van der Waals surface area contributed by atoms with Gasteiger partial charge in [-0.05, 0) is 6.08 Å². The van der Waals surface area contributed by atoms with E-state index >= 15 is 0 Å². The summed E-state index contributed by atoms with van der Waals surface area (Å²) >= 11 is 0. The molecule has 0 aromatic rings. The summed E-state index contributed by atoms with van der Waals surface area (Å²) < 4.78 is 0. The minimum absolute atomic E-state index is 0.835. The summed E-state index contributed by atoms with van der Waals surface area (Å²) in [5.74, 6) is 4.91. The molecule has 0 heterocycles. The van der Waals surface area contributed by atoms with Crippen molar-refractivity contribution in [2.45, 2.75) is 6.42 Å². The van der Waals surface area contributed by atoms with Crippen LogP contribution in [0.2, 0.25) is 0 Å². The molecule has 6 nitrogen and oxygen atoms in total. The number of allylic oxidation sites excluding steroid dienone is 4. The van der Waals surface area contributed by atoms with Crippen molar-refractivity contribution in [3.05, 3.63) is 24.3 Å². The Morgan fingerprint density at radius 1 is 1.33 bits per heavy atom. The Kier molecular flexibility index (Phi) is 4.03. The fourth-order valence-electron chi connectivity index (χ4n) is 0.749. The van der Waals surface area contributed by atoms with Crippen LogP contribution in [0, 0.1) is 0 Å². The molecule has 1 aliphatic carbocycles. The van der Waals surface area contributed by atoms with Crippen LogP contribution >= 0.6 is 0 Å². The quantitative estimate of drug-likeness (QED) is 0.207. The number of nitrogens with one attached hydrogen (secondary N) is 4. The van der Waals surface area contributed by atoms with Crippen molar-refractivity contribution in [1.29, 1.82) is 0 Å². The molecular weight excluding hydrogens is 156 g/mol. The lowest BCUT2D eigenvalue weighted by Crippen LogP contribution is -2.51. The van der Waals surface area contributed by atoms with Gasteiger partial charge in [-0.2, -0.15) is 16.2 Å². The van der Waals surface area contributed by atoms with Crippen molar-refractivity contribution in [2.24, 2.45) is 10.9 Å². The molecule has 12 heavy (non-hydrogen) atoms. The highest BCUT2D eigenvalue weighted by molar-refractivity contribution is 5.96. The first-order valence-corrected chi connectivity index (χ1v) is 3.54. The molecule has 0 unspecified atom stereocenters. The second-order valence-electron chi connectivity index (χ2n) is 2.10. The third-order valence-electron chi connectivity index (χ3n) is 1.25. The van der Waals surface area contributed by atoms with Gasteiger partial charge < -0.3 is 0 Å². The third-order valence-corrected chi connectivity index (χ3v) is 1.25. The fraction of sp³-hybridized carbons (Fsp3) is 0.167. The molecular formula is C6H12N6. The highest BCUT2D eigenvalue weighted by atomic mass is 15.8. The third kappa shape index (κ3) is 3.26. The topological polar surface area (TPSA) is 86.5 Å². The first kappa shape index (κ1) is 8.88. The van der Waals surface area contributed by atoms with E-state index in [1.807, 2.05) is 24.3 Å². The number of hydrazine groups is 4. The van der Waals surface area contributed by atoms with E-state index in [9.17, 15) is 0 Å². The van der Waals surface area contributed by atoms with Crippen LogP contribution in [-0.2, 0) is 0 Å². The van der Waals surface area contributed by atoms with Gasteiger partial charge in [-0.1, -0.05) is 18.2 Å². The highest BCUT2D eigenvalue weighted by Gasteiger charge is 1.93. The molecule has 0 saturated heterocycles. The first-order valence-electron chi connectivity index (χ1n) is 3.54. The van der Waals surface area contributed by atoms with Crippen LogP contribution in [0.1, 0.15) is 6.42 Å². The van der Waals surface area contributed by atoms with Gasteiger partial charge in [0, 0.05) is 6.42 Å². The Hall–Kier alpha value is -1.21. The largest absolute Gasteiger partial charge is 0.257 e. The molecule has 1 aliphatic rings. The van der Waals surface area contributed by atoms with Crippen molar-refractivity contribution in [3.8, 4) is 0 Å². The molecule has 0 radical (unpaired) electrons. The standard InChI is InChI=1S/C6H12N6/c7-9-11-12-10-8-6-4-2-1-3-5-6/h1-4,9-12H,5,7H2. The summed E-state index contributed by atoms with van der Waals surface area (Å²) in [6.07, 6.45) is 8.69. The monoisotopic (exact) mass is 168 g/mol. The van der Waals surface area contributed by atoms with Crippen LogP contribution in [0.4, 0.5) is 0 Å². The lowest BCUT2D eigenvalue weighted by atomic mass is 10.2. The van der Waals surface area contributed by atoms with Crippen LogP contribution in [-0.4, -0.2) is 5.71 Å². The molecule has 0 aliphatic heterocycles. The van der Waals surface area contributed by atoms with Gasteiger partial charge in [-0.15, -0.1) is 5.53 Å². The molecule has 0 aromatic carbocycles. The van der Waals surface area contributed by atoms with Gasteiger partial charge in [-0.25, -0.2) is 5.53 Å². The van der Waals surface area contributed by atoms with Gasteiger partial charge in [0.25, 0.3) is 0 Å². The Labute approximate surface area is 70.5 Å². The summed E-state index contributed by atoms with van der Waals surface area (Å²) in [4.78, 5) is 0. The summed E-state index contributed by atoms with van der Waals surface area (Å²) in [5.41, 5.74) is 10.6. The molecule has 0 spiro atoms. The van der Waals surface area contributed by atoms with Crippen LogP contribution < -0.4 is 28.0 Å². The summed E-state index contributed by atoms with van der Waals surface area (Å²) in [6, 6.07) is 0. The average Bonchev–Trinajstić information content (AvgIpc) is 2.14. The van der Waals surface area contributed by atoms with Crippen LogP contribution in [0.5, 0.6) is 0 Å². The molecule has 1 rings (SSSR count). The molecule has 6 heteroatoms. The molecule has 0 atom stereocenters. The molecule has 0 amide bonds. The Bertz CT molecular complexity index is 206. The summed E-state index contributed by atoms with van der Waals surface area (Å²) in [5, 5.41) is 3.98. The zero-order chi connectivity index (χ0) is 8.65. The van der Waals surface area contributed by atoms with E-state index in [0.717, 1.165) is 12.1 Å². The molecule has 0 bridgehead atoms. The molecule has 6 N–H and O–H groups in total. The number of nitrogens with zero attached hydrogens (tertiary/aromatic N) is 1. The Morgan fingerprint density at radius 2 is 2.25 bits per heavy atom. The maximum Gasteiger partial charge on any atom is 0.0656 e. The maximum absolute atomic E-state index is 4.91. The lowest BCUT2D eigenvalue weighted by Gasteiger charge is -2.05. The van der Waals surface area contributed by atoms with Crippen molar-refractivity contribution in [2.75, 3.05) is 0 Å². The maximum atomic E-state index is 4.91. The molecule has 66 valence electrons. The van der Waals surface area contributed by atoms with Crippen molar-refractivity contribution in [1.82, 2.24) is 22.1 Å². The second kappa shape index (κ2) is 5.44. The number of hydrogen-bond donors (Lipinski definition) is 5. The molecule has 0 saturated carbocycles. The SMILES string of the molecule is NNNNNN=C1C=CC=CC1. The van der Waals surface area contributed by atoms with E-state index in [2.05, 4.69) is 27.2 Å². The minimum Gasteiger partial charge on any atom is -0.257 e. The van der Waals surface area contributed by atoms with E-state index in [4.69, 9.17) is 5.84 Å². The van der Waals surface area contributed by atoms with Gasteiger partial charge in [-0.3, -0.25) is 5.84 Å². The van der Waals surface area contributed by atoms with Crippen LogP contribution in [0.15, 0.2) is 29.4 Å². The van der Waals surface area contributed by atoms with E-state index in [1.54, 1.807) is 0 Å². The highest BCUT2D eigenvalue weighted by Crippen LogP contribution is 1.97. The molecule has 0 aromatic heterocycles. The van der Waals surface area contributed by atoms with E-state index in [1.165, 1.54) is 0 Å². The summed E-state index contributed by atoms with van der Waals surface area (Å²) in [6.45, 7) is 0. The smallest absolute Gasteiger partial charge is 0.0656 e. The van der Waals surface area contributed by atoms with Crippen molar-refractivity contribution in [3.63, 3.8) is 0 Å². The van der Waals surface area contributed by atoms with Crippen molar-refractivity contribution < 1.29 is 0 Å². The number of hydrazone groups is 1. The van der Waals surface area contributed by atoms with Gasteiger partial charge in [0.2, 0.25) is 0 Å². The Morgan fingerprint density at radius 3 is 2.92 bits per heavy atom. The van der Waals surface area contributed by atoms with E-state index in [-0.39, 0.29) is 0 Å². The Balaban J connectivity index is 2.18. The number of nitrogens with two attached hydrogens (primary N) is 1. The van der Waals surface area contributed by atoms with Gasteiger partial charge in [0.05, 0.1) is 5.71 Å². The second-order valence-corrected chi connectivity index (χ2v) is 2.10. The summed E-state index contributed by atoms with van der Waals surface area (Å²) in [7, 11) is 0. The first-order chi connectivity index (χ1) is 5.93. The van der Waals surface area contributed by atoms with Gasteiger partial charge in [0.15, 0.2) is 0 Å². The van der Waals surface area contributed by atoms with Gasteiger partial charge >= 0.3 is 0 Å². The molecule has 0 fully saturated rings. The van der Waals surface area contributed by atoms with Crippen LogP contribution in [0.3, 0.4) is 0 Å². The zero-order valence-corrected chi connectivity index (χ0v) is 6.54. The average molecular weight is 168 g/mol. The number of rotatable bonds is 4. The van der Waals surface area contributed by atoms with Crippen LogP contribution in [0.25, 0.3) is 0 Å². The zero-order valence-electron chi connectivity index (χ0n) is 6.54. The predicted octanol–water partition coefficient (Wildman–Crippen LogP) is -1.16. The predicted molar refractivity (Wildman–Crippen MR) is 47.1 cm³/mol. The van der Waals surface area contributed by atoms with E-state index in [0.29, 0.717) is 0 Å². The fourth-order valence-corrected chi connectivity index (χ4v) is 0.749. The minimum atomic E-state index is 0.835.